The van der Waals surface area contributed by atoms with Crippen LogP contribution in [0, 0.1) is 11.6 Å². The number of aromatic nitrogens is 2. The van der Waals surface area contributed by atoms with E-state index >= 15 is 0 Å². The molecule has 1 aromatic carbocycles. The fraction of sp³-hybridized carbons (Fsp3) is 0.400. The topological polar surface area (TPSA) is 99.6 Å². The van der Waals surface area contributed by atoms with Gasteiger partial charge >= 0.3 is 0 Å². The minimum atomic E-state index is -0.608. The number of nitrogens with zero attached hydrogens (tertiary/aromatic N) is 3. The smallest absolute Gasteiger partial charge is 0.235 e. The Morgan fingerprint density at radius 3 is 2.97 bits per heavy atom. The molecule has 3 aromatic rings. The quantitative estimate of drug-likeness (QED) is 0.442. The fourth-order valence-corrected chi connectivity index (χ4v) is 5.44. The van der Waals surface area contributed by atoms with E-state index in [0.29, 0.717) is 60.7 Å². The minimum absolute atomic E-state index is 0.0585. The Bertz CT molecular complexity index is 1290. The highest BCUT2D eigenvalue weighted by atomic mass is 32.2. The van der Waals surface area contributed by atoms with Crippen LogP contribution in [0.25, 0.3) is 10.9 Å². The summed E-state index contributed by atoms with van der Waals surface area (Å²) in [5.74, 6) is 0.190. The number of hydrogen-bond donors (Lipinski definition) is 3. The van der Waals surface area contributed by atoms with E-state index in [1.54, 1.807) is 6.07 Å². The molecular weight excluding hydrogens is 488 g/mol. The fourth-order valence-electron chi connectivity index (χ4n) is 4.68. The number of methoxy groups -OCH3 is 1. The van der Waals surface area contributed by atoms with Crippen molar-refractivity contribution in [1.82, 2.24) is 20.2 Å². The number of thioether (sulfide) groups is 1. The molecule has 4 heterocycles. The van der Waals surface area contributed by atoms with Gasteiger partial charge < -0.3 is 25.4 Å². The highest BCUT2D eigenvalue weighted by Gasteiger charge is 2.28. The molecule has 1 amide bonds. The van der Waals surface area contributed by atoms with Gasteiger partial charge in [-0.2, -0.15) is 0 Å². The van der Waals surface area contributed by atoms with Crippen LogP contribution in [0.3, 0.4) is 0 Å². The zero-order valence-corrected chi connectivity index (χ0v) is 20.6. The van der Waals surface area contributed by atoms with Gasteiger partial charge in [-0.25, -0.2) is 13.8 Å². The van der Waals surface area contributed by atoms with E-state index in [-0.39, 0.29) is 17.5 Å². The Morgan fingerprint density at radius 1 is 1.31 bits per heavy atom. The maximum absolute atomic E-state index is 14.6. The largest absolute Gasteiger partial charge is 0.497 e. The molecule has 5 rings (SSSR count). The zero-order chi connectivity index (χ0) is 25.2. The Hall–Kier alpha value is -2.86. The highest BCUT2D eigenvalue weighted by molar-refractivity contribution is 8.00. The molecule has 1 saturated heterocycles. The van der Waals surface area contributed by atoms with Crippen molar-refractivity contribution in [3.8, 4) is 5.75 Å². The number of benzene rings is 1. The molecule has 2 aliphatic heterocycles. The molecule has 0 radical (unpaired) electrons. The van der Waals surface area contributed by atoms with Crippen molar-refractivity contribution in [2.75, 3.05) is 37.8 Å². The Labute approximate surface area is 211 Å². The number of amides is 1. The van der Waals surface area contributed by atoms with Crippen LogP contribution in [-0.2, 0) is 17.8 Å². The monoisotopic (exact) mass is 515 g/mol. The molecule has 2 aliphatic rings. The van der Waals surface area contributed by atoms with Gasteiger partial charge in [0.25, 0.3) is 0 Å². The van der Waals surface area contributed by atoms with Crippen molar-refractivity contribution in [2.24, 2.45) is 0 Å². The molecule has 1 fully saturated rings. The third-order valence-electron chi connectivity index (χ3n) is 6.61. The van der Waals surface area contributed by atoms with E-state index in [2.05, 4.69) is 25.5 Å². The van der Waals surface area contributed by atoms with Crippen LogP contribution in [0.2, 0.25) is 0 Å². The van der Waals surface area contributed by atoms with Gasteiger partial charge in [-0.3, -0.25) is 9.78 Å². The number of pyridine rings is 2. The normalized spacial score (nSPS) is 20.3. The number of rotatable bonds is 7. The Morgan fingerprint density at radius 2 is 2.17 bits per heavy atom. The van der Waals surface area contributed by atoms with E-state index in [4.69, 9.17) is 4.74 Å². The third kappa shape index (κ3) is 5.29. The average molecular weight is 516 g/mol. The van der Waals surface area contributed by atoms with Gasteiger partial charge in [0, 0.05) is 42.7 Å². The Kier molecular flexibility index (Phi) is 7.33. The number of ether oxygens (including phenoxy) is 1. The van der Waals surface area contributed by atoms with Gasteiger partial charge in [0.2, 0.25) is 5.91 Å². The molecule has 0 unspecified atom stereocenters. The number of β-amino-alcohol motifs (C(OH)–C–C–N with tert-alkyl or cyclic N) is 1. The molecule has 3 N–H and O–H groups in total. The Balaban J connectivity index is 1.18. The summed E-state index contributed by atoms with van der Waals surface area (Å²) in [7, 11) is 1.44. The molecule has 0 saturated carbocycles. The SMILES string of the molecule is COc1cc(F)c2ncc(F)c(CCN3CC[C@H](NCc4ccc5c(n4)NC(=O)CS5)[C@H](O)C3)c2c1. The summed E-state index contributed by atoms with van der Waals surface area (Å²) in [5, 5.41) is 17.3. The number of nitrogens with one attached hydrogen (secondary N) is 2. The number of carbonyl (C=O) groups excluding carboxylic acids is 1. The number of anilines is 1. The van der Waals surface area contributed by atoms with Gasteiger partial charge in [0.15, 0.2) is 5.82 Å². The lowest BCUT2D eigenvalue weighted by Gasteiger charge is -2.36. The summed E-state index contributed by atoms with van der Waals surface area (Å²) in [6, 6.07) is 6.60. The lowest BCUT2D eigenvalue weighted by molar-refractivity contribution is -0.113. The summed E-state index contributed by atoms with van der Waals surface area (Å²) < 4.78 is 34.2. The molecule has 0 bridgehead atoms. The van der Waals surface area contributed by atoms with Crippen LogP contribution in [-0.4, -0.2) is 70.5 Å². The van der Waals surface area contributed by atoms with Crippen molar-refractivity contribution in [2.45, 2.75) is 36.4 Å². The van der Waals surface area contributed by atoms with E-state index in [1.165, 1.54) is 24.9 Å². The zero-order valence-electron chi connectivity index (χ0n) is 19.8. The predicted octanol–water partition coefficient (Wildman–Crippen LogP) is 2.73. The van der Waals surface area contributed by atoms with E-state index in [1.807, 2.05) is 12.1 Å². The van der Waals surface area contributed by atoms with Crippen LogP contribution < -0.4 is 15.4 Å². The third-order valence-corrected chi connectivity index (χ3v) is 7.66. The summed E-state index contributed by atoms with van der Waals surface area (Å²) >= 11 is 1.47. The number of carbonyl (C=O) groups is 1. The van der Waals surface area contributed by atoms with Crippen LogP contribution in [0.4, 0.5) is 14.6 Å². The van der Waals surface area contributed by atoms with Gasteiger partial charge in [0.05, 0.1) is 35.8 Å². The van der Waals surface area contributed by atoms with Gasteiger partial charge in [-0.05, 0) is 37.6 Å². The first-order valence-electron chi connectivity index (χ1n) is 11.8. The average Bonchev–Trinajstić information content (AvgIpc) is 2.87. The number of hydrogen-bond acceptors (Lipinski definition) is 8. The van der Waals surface area contributed by atoms with Crippen LogP contribution in [0.15, 0.2) is 35.4 Å². The molecule has 2 aromatic heterocycles. The number of fused-ring (bicyclic) bond motifs is 2. The number of aliphatic hydroxyl groups excluding tert-OH is 1. The maximum atomic E-state index is 14.6. The van der Waals surface area contributed by atoms with Crippen molar-refractivity contribution in [3.05, 3.63) is 53.4 Å². The van der Waals surface area contributed by atoms with Crippen LogP contribution in [0.5, 0.6) is 5.75 Å². The second-order valence-electron chi connectivity index (χ2n) is 8.97. The number of aliphatic hydroxyl groups is 1. The molecule has 0 spiro atoms. The number of likely N-dealkylation sites (tertiary alicyclic amines) is 1. The molecular formula is C25H27F2N5O3S. The first-order chi connectivity index (χ1) is 17.4. The standard InChI is InChI=1S/C25H27F2N5O3S/c1-35-15-8-17-16(19(27)11-29-24(17)18(26)9-15)4-6-32-7-5-20(21(33)12-32)28-10-14-2-3-22-25(30-14)31-23(34)13-36-22/h2-3,8-9,11,20-21,28,33H,4-7,10,12-13H2,1H3,(H,30,31,34)/t20-,21+/m0/s1. The maximum Gasteiger partial charge on any atom is 0.235 e. The van der Waals surface area contributed by atoms with E-state index in [0.717, 1.165) is 23.3 Å². The van der Waals surface area contributed by atoms with Gasteiger partial charge in [0.1, 0.15) is 22.9 Å². The summed E-state index contributed by atoms with van der Waals surface area (Å²) in [6.07, 6.45) is 1.51. The first-order valence-corrected chi connectivity index (χ1v) is 12.8. The van der Waals surface area contributed by atoms with Crippen LogP contribution in [0.1, 0.15) is 17.7 Å². The molecule has 0 aliphatic carbocycles. The lowest BCUT2D eigenvalue weighted by atomic mass is 10.00. The molecule has 8 nitrogen and oxygen atoms in total. The van der Waals surface area contributed by atoms with Gasteiger partial charge in [-0.1, -0.05) is 0 Å². The summed E-state index contributed by atoms with van der Waals surface area (Å²) in [6.45, 7) is 2.14. The highest BCUT2D eigenvalue weighted by Crippen LogP contribution is 2.30. The van der Waals surface area contributed by atoms with E-state index in [9.17, 15) is 18.7 Å². The second-order valence-corrected chi connectivity index (χ2v) is 9.99. The van der Waals surface area contributed by atoms with E-state index < -0.39 is 17.7 Å². The van der Waals surface area contributed by atoms with Crippen molar-refractivity contribution in [1.29, 1.82) is 0 Å². The number of halogens is 2. The summed E-state index contributed by atoms with van der Waals surface area (Å²) in [4.78, 5) is 23.1. The predicted molar refractivity (Wildman–Crippen MR) is 133 cm³/mol. The molecule has 11 heteroatoms. The van der Waals surface area contributed by atoms with Crippen LogP contribution >= 0.6 is 11.8 Å². The van der Waals surface area contributed by atoms with Crippen molar-refractivity contribution in [3.63, 3.8) is 0 Å². The van der Waals surface area contributed by atoms with Gasteiger partial charge in [-0.15, -0.1) is 11.8 Å². The molecule has 190 valence electrons. The molecule has 2 atom stereocenters. The lowest BCUT2D eigenvalue weighted by Crippen LogP contribution is -2.52. The minimum Gasteiger partial charge on any atom is -0.497 e. The molecule has 36 heavy (non-hydrogen) atoms. The summed E-state index contributed by atoms with van der Waals surface area (Å²) in [5.41, 5.74) is 1.29. The van der Waals surface area contributed by atoms with Crippen molar-refractivity contribution < 1.29 is 23.4 Å². The number of piperidine rings is 1. The second kappa shape index (κ2) is 10.6. The first kappa shape index (κ1) is 24.8. The van der Waals surface area contributed by atoms with Crippen molar-refractivity contribution >= 4 is 34.4 Å².